The molecule has 0 amide bonds. The van der Waals surface area contributed by atoms with Gasteiger partial charge in [0.15, 0.2) is 0 Å². The fraction of sp³-hybridized carbons (Fsp3) is 0.308. The molecular formula is C13H14ClN3. The largest absolute Gasteiger partial charge is 0.380 e. The third-order valence-corrected chi connectivity index (χ3v) is 3.36. The maximum atomic E-state index is 6.04. The first-order valence-corrected chi connectivity index (χ1v) is 6.22. The van der Waals surface area contributed by atoms with E-state index in [1.165, 1.54) is 0 Å². The van der Waals surface area contributed by atoms with Crippen LogP contribution >= 0.6 is 11.6 Å². The van der Waals surface area contributed by atoms with Gasteiger partial charge in [0.25, 0.3) is 0 Å². The number of rotatable bonds is 2. The number of nitrogens with one attached hydrogen (secondary N) is 2. The van der Waals surface area contributed by atoms with Crippen LogP contribution in [0.1, 0.15) is 6.42 Å². The molecule has 0 spiro atoms. The lowest BCUT2D eigenvalue weighted by atomic mass is 10.1. The Morgan fingerprint density at radius 1 is 1.35 bits per heavy atom. The molecule has 17 heavy (non-hydrogen) atoms. The van der Waals surface area contributed by atoms with Gasteiger partial charge < -0.3 is 10.6 Å². The first-order valence-electron chi connectivity index (χ1n) is 5.84. The van der Waals surface area contributed by atoms with Crippen molar-refractivity contribution in [2.75, 3.05) is 18.4 Å². The second kappa shape index (κ2) is 4.51. The average molecular weight is 248 g/mol. The summed E-state index contributed by atoms with van der Waals surface area (Å²) in [6.45, 7) is 2.10. The van der Waals surface area contributed by atoms with E-state index >= 15 is 0 Å². The smallest absolute Gasteiger partial charge is 0.0723 e. The standard InChI is InChI=1S/C13H14ClN3/c14-9-1-2-12-11(7-9)13(4-6-16-12)17-10-3-5-15-8-10/h1-2,4,6-7,10,15H,3,5,8H2,(H,16,17). The van der Waals surface area contributed by atoms with Crippen molar-refractivity contribution >= 4 is 28.2 Å². The molecule has 88 valence electrons. The molecule has 1 aromatic carbocycles. The highest BCUT2D eigenvalue weighted by atomic mass is 35.5. The number of aromatic nitrogens is 1. The number of halogens is 1. The Kier molecular flexibility index (Phi) is 2.87. The summed E-state index contributed by atoms with van der Waals surface area (Å²) in [5.74, 6) is 0. The van der Waals surface area contributed by atoms with E-state index in [2.05, 4.69) is 15.6 Å². The Morgan fingerprint density at radius 2 is 2.29 bits per heavy atom. The molecule has 1 saturated heterocycles. The quantitative estimate of drug-likeness (QED) is 0.857. The minimum Gasteiger partial charge on any atom is -0.380 e. The van der Waals surface area contributed by atoms with Gasteiger partial charge in [0.2, 0.25) is 0 Å². The number of hydrogen-bond donors (Lipinski definition) is 2. The summed E-state index contributed by atoms with van der Waals surface area (Å²) in [6.07, 6.45) is 2.99. The van der Waals surface area contributed by atoms with Crippen LogP contribution in [0.4, 0.5) is 5.69 Å². The molecule has 3 nitrogen and oxygen atoms in total. The second-order valence-corrected chi connectivity index (χ2v) is 4.79. The van der Waals surface area contributed by atoms with Gasteiger partial charge in [-0.25, -0.2) is 0 Å². The maximum Gasteiger partial charge on any atom is 0.0723 e. The molecule has 0 aliphatic carbocycles. The van der Waals surface area contributed by atoms with Crippen molar-refractivity contribution in [2.24, 2.45) is 0 Å². The van der Waals surface area contributed by atoms with Gasteiger partial charge in [-0.05, 0) is 37.2 Å². The third-order valence-electron chi connectivity index (χ3n) is 3.12. The monoisotopic (exact) mass is 247 g/mol. The maximum absolute atomic E-state index is 6.04. The van der Waals surface area contributed by atoms with Crippen LogP contribution in [0.15, 0.2) is 30.5 Å². The minimum absolute atomic E-state index is 0.500. The summed E-state index contributed by atoms with van der Waals surface area (Å²) in [5.41, 5.74) is 2.09. The lowest BCUT2D eigenvalue weighted by molar-refractivity contribution is 0.794. The van der Waals surface area contributed by atoms with E-state index in [1.807, 2.05) is 30.5 Å². The molecule has 2 N–H and O–H groups in total. The van der Waals surface area contributed by atoms with Crippen molar-refractivity contribution in [1.82, 2.24) is 10.3 Å². The highest BCUT2D eigenvalue weighted by Crippen LogP contribution is 2.25. The Bertz CT molecular complexity index is 535. The molecule has 1 unspecified atom stereocenters. The lowest BCUT2D eigenvalue weighted by Gasteiger charge is -2.14. The number of hydrogen-bond acceptors (Lipinski definition) is 3. The topological polar surface area (TPSA) is 37.0 Å². The fourth-order valence-corrected chi connectivity index (χ4v) is 2.41. The SMILES string of the molecule is Clc1ccc2nccc(NC3CCNC3)c2c1. The van der Waals surface area contributed by atoms with Crippen LogP contribution in [0.2, 0.25) is 5.02 Å². The van der Waals surface area contributed by atoms with Gasteiger partial charge in [-0.2, -0.15) is 0 Å². The lowest BCUT2D eigenvalue weighted by Crippen LogP contribution is -2.22. The molecule has 3 rings (SSSR count). The number of fused-ring (bicyclic) bond motifs is 1. The highest BCUT2D eigenvalue weighted by molar-refractivity contribution is 6.31. The van der Waals surface area contributed by atoms with E-state index in [-0.39, 0.29) is 0 Å². The Balaban J connectivity index is 1.99. The predicted octanol–water partition coefficient (Wildman–Crippen LogP) is 2.66. The van der Waals surface area contributed by atoms with Crippen molar-refractivity contribution in [1.29, 1.82) is 0 Å². The molecule has 0 radical (unpaired) electrons. The van der Waals surface area contributed by atoms with Gasteiger partial charge in [0.1, 0.15) is 0 Å². The highest BCUT2D eigenvalue weighted by Gasteiger charge is 2.14. The van der Waals surface area contributed by atoms with Crippen LogP contribution < -0.4 is 10.6 Å². The molecule has 4 heteroatoms. The van der Waals surface area contributed by atoms with Crippen molar-refractivity contribution in [3.63, 3.8) is 0 Å². The zero-order valence-electron chi connectivity index (χ0n) is 9.41. The molecule has 1 aromatic heterocycles. The van der Waals surface area contributed by atoms with Crippen LogP contribution in [0.25, 0.3) is 10.9 Å². The van der Waals surface area contributed by atoms with Gasteiger partial charge in [0, 0.05) is 34.9 Å². The summed E-state index contributed by atoms with van der Waals surface area (Å²) in [6, 6.07) is 8.30. The molecule has 1 fully saturated rings. The number of benzene rings is 1. The molecular weight excluding hydrogens is 234 g/mol. The Hall–Kier alpha value is -1.32. The van der Waals surface area contributed by atoms with Crippen molar-refractivity contribution in [3.05, 3.63) is 35.5 Å². The number of pyridine rings is 1. The molecule has 0 bridgehead atoms. The van der Waals surface area contributed by atoms with Crippen molar-refractivity contribution < 1.29 is 0 Å². The fourth-order valence-electron chi connectivity index (χ4n) is 2.24. The summed E-state index contributed by atoms with van der Waals surface area (Å²) in [4.78, 5) is 4.34. The van der Waals surface area contributed by atoms with Gasteiger partial charge >= 0.3 is 0 Å². The average Bonchev–Trinajstić information content (AvgIpc) is 2.83. The van der Waals surface area contributed by atoms with Crippen molar-refractivity contribution in [3.8, 4) is 0 Å². The van der Waals surface area contributed by atoms with Gasteiger partial charge in [-0.1, -0.05) is 11.6 Å². The zero-order valence-corrected chi connectivity index (χ0v) is 10.2. The summed E-state index contributed by atoms with van der Waals surface area (Å²) in [7, 11) is 0. The van der Waals surface area contributed by atoms with Gasteiger partial charge in [-0.15, -0.1) is 0 Å². The second-order valence-electron chi connectivity index (χ2n) is 4.35. The molecule has 0 saturated carbocycles. The summed E-state index contributed by atoms with van der Waals surface area (Å²) in [5, 5.41) is 8.74. The van der Waals surface area contributed by atoms with Crippen LogP contribution in [0.3, 0.4) is 0 Å². The molecule has 2 heterocycles. The molecule has 2 aromatic rings. The van der Waals surface area contributed by atoms with E-state index in [9.17, 15) is 0 Å². The van der Waals surface area contributed by atoms with Crippen LogP contribution in [-0.2, 0) is 0 Å². The van der Waals surface area contributed by atoms with E-state index < -0.39 is 0 Å². The number of anilines is 1. The summed E-state index contributed by atoms with van der Waals surface area (Å²) < 4.78 is 0. The molecule has 1 aliphatic rings. The third kappa shape index (κ3) is 2.21. The normalized spacial score (nSPS) is 19.7. The molecule has 1 atom stereocenters. The van der Waals surface area contributed by atoms with Crippen molar-refractivity contribution in [2.45, 2.75) is 12.5 Å². The van der Waals surface area contributed by atoms with Crippen LogP contribution in [-0.4, -0.2) is 24.1 Å². The molecule has 1 aliphatic heterocycles. The van der Waals surface area contributed by atoms with E-state index in [0.717, 1.165) is 41.1 Å². The van der Waals surface area contributed by atoms with Gasteiger partial charge in [0.05, 0.1) is 5.52 Å². The minimum atomic E-state index is 0.500. The van der Waals surface area contributed by atoms with E-state index in [0.29, 0.717) is 6.04 Å². The first kappa shape index (κ1) is 10.8. The number of nitrogens with zero attached hydrogens (tertiary/aromatic N) is 1. The first-order chi connectivity index (χ1) is 8.33. The summed E-state index contributed by atoms with van der Waals surface area (Å²) >= 11 is 6.04. The Morgan fingerprint density at radius 3 is 3.12 bits per heavy atom. The van der Waals surface area contributed by atoms with Crippen LogP contribution in [0, 0.1) is 0 Å². The van der Waals surface area contributed by atoms with E-state index in [4.69, 9.17) is 11.6 Å². The van der Waals surface area contributed by atoms with Gasteiger partial charge in [-0.3, -0.25) is 4.98 Å². The zero-order chi connectivity index (χ0) is 11.7. The Labute approximate surface area is 105 Å². The predicted molar refractivity (Wildman–Crippen MR) is 71.7 cm³/mol. The van der Waals surface area contributed by atoms with E-state index in [1.54, 1.807) is 0 Å². The van der Waals surface area contributed by atoms with Crippen LogP contribution in [0.5, 0.6) is 0 Å².